The first-order chi connectivity index (χ1) is 8.90. The van der Waals surface area contributed by atoms with Crippen molar-refractivity contribution in [3.8, 4) is 0 Å². The maximum Gasteiger partial charge on any atom is 0.130 e. The molecule has 19 heavy (non-hydrogen) atoms. The Morgan fingerprint density at radius 3 is 2.63 bits per heavy atom. The number of benzene rings is 1. The summed E-state index contributed by atoms with van der Waals surface area (Å²) in [6.45, 7) is 1.87. The van der Waals surface area contributed by atoms with Crippen LogP contribution in [0.1, 0.15) is 22.9 Å². The molecule has 3 nitrogen and oxygen atoms in total. The molecule has 1 N–H and O–H groups in total. The summed E-state index contributed by atoms with van der Waals surface area (Å²) in [5, 5.41) is 15.6. The molecule has 102 valence electrons. The van der Waals surface area contributed by atoms with Gasteiger partial charge in [-0.25, -0.2) is 0 Å². The molecule has 0 amide bonds. The van der Waals surface area contributed by atoms with Crippen molar-refractivity contribution < 1.29 is 5.11 Å². The smallest absolute Gasteiger partial charge is 0.130 e. The number of rotatable bonds is 3. The van der Waals surface area contributed by atoms with E-state index in [9.17, 15) is 5.11 Å². The number of aliphatic hydroxyl groups excluding tert-OH is 1. The van der Waals surface area contributed by atoms with Gasteiger partial charge < -0.3 is 5.11 Å². The zero-order chi connectivity index (χ0) is 14.2. The van der Waals surface area contributed by atoms with Gasteiger partial charge in [-0.1, -0.05) is 45.2 Å². The summed E-state index contributed by atoms with van der Waals surface area (Å²) in [7, 11) is 1.78. The Kier molecular flexibility index (Phi) is 4.56. The molecule has 1 aromatic carbocycles. The average Bonchev–Trinajstić information content (AvgIpc) is 2.56. The van der Waals surface area contributed by atoms with Crippen molar-refractivity contribution in [2.45, 2.75) is 19.4 Å². The Morgan fingerprint density at radius 2 is 2.11 bits per heavy atom. The van der Waals surface area contributed by atoms with E-state index in [4.69, 9.17) is 23.2 Å². The van der Waals surface area contributed by atoms with Gasteiger partial charge in [0.2, 0.25) is 0 Å². The maximum atomic E-state index is 10.3. The predicted octanol–water partition coefficient (Wildman–Crippen LogP) is 4.07. The Labute approximate surface area is 130 Å². The molecule has 0 aliphatic carbocycles. The molecule has 1 unspecified atom stereocenters. The number of aryl methyl sites for hydroxylation is 2. The summed E-state index contributed by atoms with van der Waals surface area (Å²) in [6, 6.07) is 5.41. The number of hydrogen-bond donors (Lipinski definition) is 1. The highest BCUT2D eigenvalue weighted by molar-refractivity contribution is 9.10. The summed E-state index contributed by atoms with van der Waals surface area (Å²) < 4.78 is 2.48. The van der Waals surface area contributed by atoms with E-state index in [1.54, 1.807) is 23.9 Å². The van der Waals surface area contributed by atoms with Crippen LogP contribution in [0.2, 0.25) is 10.2 Å². The molecular formula is C13H13BrCl2N2O. The highest BCUT2D eigenvalue weighted by Crippen LogP contribution is 2.31. The molecule has 1 heterocycles. The maximum absolute atomic E-state index is 10.3. The lowest BCUT2D eigenvalue weighted by atomic mass is 10.0. The lowest BCUT2D eigenvalue weighted by Gasteiger charge is -2.13. The molecule has 1 aromatic heterocycles. The summed E-state index contributed by atoms with van der Waals surface area (Å²) in [6.07, 6.45) is -0.319. The number of aromatic nitrogens is 2. The second-order valence-electron chi connectivity index (χ2n) is 4.36. The minimum atomic E-state index is -0.707. The van der Waals surface area contributed by atoms with E-state index >= 15 is 0 Å². The molecule has 0 radical (unpaired) electrons. The Hall–Kier alpha value is -0.550. The Morgan fingerprint density at radius 1 is 1.42 bits per heavy atom. The third kappa shape index (κ3) is 3.14. The van der Waals surface area contributed by atoms with Crippen molar-refractivity contribution in [1.29, 1.82) is 0 Å². The summed E-state index contributed by atoms with van der Waals surface area (Å²) in [5.74, 6) is 0. The van der Waals surface area contributed by atoms with E-state index in [1.165, 1.54) is 0 Å². The third-order valence-electron chi connectivity index (χ3n) is 2.99. The SMILES string of the molecule is Cc1nn(C)c(Cl)c1CC(O)c1ccc(Br)cc1Cl. The molecule has 0 saturated carbocycles. The highest BCUT2D eigenvalue weighted by Gasteiger charge is 2.18. The Bertz CT molecular complexity index is 613. The average molecular weight is 364 g/mol. The van der Waals surface area contributed by atoms with E-state index in [0.717, 1.165) is 15.7 Å². The zero-order valence-corrected chi connectivity index (χ0v) is 13.6. The van der Waals surface area contributed by atoms with Gasteiger partial charge in [0.25, 0.3) is 0 Å². The lowest BCUT2D eigenvalue weighted by molar-refractivity contribution is 0.178. The second-order valence-corrected chi connectivity index (χ2v) is 6.05. The van der Waals surface area contributed by atoms with Crippen LogP contribution in [0.25, 0.3) is 0 Å². The van der Waals surface area contributed by atoms with E-state index in [1.807, 2.05) is 13.0 Å². The molecule has 1 atom stereocenters. The van der Waals surface area contributed by atoms with Gasteiger partial charge in [0.05, 0.1) is 11.8 Å². The van der Waals surface area contributed by atoms with Crippen LogP contribution in [0, 0.1) is 6.92 Å². The normalized spacial score (nSPS) is 12.7. The van der Waals surface area contributed by atoms with Crippen molar-refractivity contribution in [3.05, 3.63) is 49.7 Å². The number of hydrogen-bond acceptors (Lipinski definition) is 2. The molecule has 2 rings (SSSR count). The standard InChI is InChI=1S/C13H13BrCl2N2O/c1-7-10(13(16)18(2)17-7)6-12(19)9-4-3-8(14)5-11(9)15/h3-5,12,19H,6H2,1-2H3. The fraction of sp³-hybridized carbons (Fsp3) is 0.308. The zero-order valence-electron chi connectivity index (χ0n) is 10.5. The van der Waals surface area contributed by atoms with Crippen molar-refractivity contribution in [3.63, 3.8) is 0 Å². The van der Waals surface area contributed by atoms with Crippen LogP contribution in [-0.2, 0) is 13.5 Å². The van der Waals surface area contributed by atoms with Crippen molar-refractivity contribution in [2.24, 2.45) is 7.05 Å². The van der Waals surface area contributed by atoms with Crippen molar-refractivity contribution in [1.82, 2.24) is 9.78 Å². The van der Waals surface area contributed by atoms with Gasteiger partial charge in [-0.15, -0.1) is 0 Å². The molecule has 0 fully saturated rings. The van der Waals surface area contributed by atoms with Crippen LogP contribution in [0.5, 0.6) is 0 Å². The molecule has 6 heteroatoms. The first-order valence-electron chi connectivity index (χ1n) is 5.71. The number of halogens is 3. The van der Waals surface area contributed by atoms with Gasteiger partial charge in [-0.2, -0.15) is 5.10 Å². The van der Waals surface area contributed by atoms with Crippen molar-refractivity contribution >= 4 is 39.1 Å². The topological polar surface area (TPSA) is 38.0 Å². The van der Waals surface area contributed by atoms with Gasteiger partial charge in [-0.3, -0.25) is 4.68 Å². The van der Waals surface area contributed by atoms with Crippen LogP contribution >= 0.6 is 39.1 Å². The molecule has 0 aliphatic heterocycles. The van der Waals surface area contributed by atoms with Gasteiger partial charge in [0.15, 0.2) is 0 Å². The fourth-order valence-electron chi connectivity index (χ4n) is 1.98. The van der Waals surface area contributed by atoms with Crippen LogP contribution in [-0.4, -0.2) is 14.9 Å². The van der Waals surface area contributed by atoms with Gasteiger partial charge in [-0.05, 0) is 24.6 Å². The minimum absolute atomic E-state index is 0.389. The van der Waals surface area contributed by atoms with Crippen LogP contribution in [0.3, 0.4) is 0 Å². The predicted molar refractivity (Wildman–Crippen MR) is 80.8 cm³/mol. The molecule has 0 bridgehead atoms. The van der Waals surface area contributed by atoms with E-state index < -0.39 is 6.10 Å². The minimum Gasteiger partial charge on any atom is -0.388 e. The number of nitrogens with zero attached hydrogens (tertiary/aromatic N) is 2. The van der Waals surface area contributed by atoms with E-state index in [-0.39, 0.29) is 0 Å². The molecule has 0 saturated heterocycles. The molecule has 0 aliphatic rings. The quantitative estimate of drug-likeness (QED) is 0.892. The van der Waals surface area contributed by atoms with Crippen LogP contribution in [0.4, 0.5) is 0 Å². The van der Waals surface area contributed by atoms with Gasteiger partial charge in [0.1, 0.15) is 5.15 Å². The summed E-state index contributed by atoms with van der Waals surface area (Å²) in [4.78, 5) is 0. The number of aliphatic hydroxyl groups is 1. The summed E-state index contributed by atoms with van der Waals surface area (Å²) in [5.41, 5.74) is 2.35. The lowest BCUT2D eigenvalue weighted by Crippen LogP contribution is -2.03. The fourth-order valence-corrected chi connectivity index (χ4v) is 3.03. The molecule has 0 spiro atoms. The van der Waals surface area contributed by atoms with Gasteiger partial charge >= 0.3 is 0 Å². The first kappa shape index (κ1) is 14.9. The first-order valence-corrected chi connectivity index (χ1v) is 7.26. The third-order valence-corrected chi connectivity index (χ3v) is 4.28. The van der Waals surface area contributed by atoms with Gasteiger partial charge in [0, 0.05) is 28.5 Å². The summed E-state index contributed by atoms with van der Waals surface area (Å²) >= 11 is 15.6. The monoisotopic (exact) mass is 362 g/mol. The Balaban J connectivity index is 2.28. The van der Waals surface area contributed by atoms with E-state index in [0.29, 0.717) is 22.2 Å². The van der Waals surface area contributed by atoms with Crippen LogP contribution < -0.4 is 0 Å². The highest BCUT2D eigenvalue weighted by atomic mass is 79.9. The second kappa shape index (κ2) is 5.83. The molecular weight excluding hydrogens is 351 g/mol. The van der Waals surface area contributed by atoms with Crippen LogP contribution in [0.15, 0.2) is 22.7 Å². The molecule has 2 aromatic rings. The van der Waals surface area contributed by atoms with E-state index in [2.05, 4.69) is 21.0 Å². The largest absolute Gasteiger partial charge is 0.388 e. The van der Waals surface area contributed by atoms with Crippen molar-refractivity contribution in [2.75, 3.05) is 0 Å².